The lowest BCUT2D eigenvalue weighted by molar-refractivity contribution is 0.0984. The lowest BCUT2D eigenvalue weighted by Crippen LogP contribution is -2.36. The van der Waals surface area contributed by atoms with Gasteiger partial charge in [-0.1, -0.05) is 0 Å². The number of amides is 1. The van der Waals surface area contributed by atoms with Crippen molar-refractivity contribution >= 4 is 38.9 Å². The maximum atomic E-state index is 12.3. The fourth-order valence-corrected chi connectivity index (χ4v) is 3.35. The molecule has 6 heteroatoms. The second-order valence-corrected chi connectivity index (χ2v) is 5.94. The Morgan fingerprint density at radius 1 is 1.47 bits per heavy atom. The molecule has 0 spiro atoms. The Labute approximate surface area is 110 Å². The van der Waals surface area contributed by atoms with Crippen LogP contribution in [0.3, 0.4) is 0 Å². The standard InChI is InChI=1S/C11H8BrN3OS/c12-11-14-8-3-5-15(10(16)9(8)17-11)7-2-1-4-13-6-7/h1-2,4,6H,3,5H2. The summed E-state index contributed by atoms with van der Waals surface area (Å²) in [6.45, 7) is 0.660. The number of carbonyl (C=O) groups excluding carboxylic acids is 1. The summed E-state index contributed by atoms with van der Waals surface area (Å²) in [5, 5.41) is 0. The van der Waals surface area contributed by atoms with Gasteiger partial charge in [-0.2, -0.15) is 0 Å². The zero-order valence-corrected chi connectivity index (χ0v) is 11.2. The lowest BCUT2D eigenvalue weighted by atomic mass is 10.1. The summed E-state index contributed by atoms with van der Waals surface area (Å²) in [5.41, 5.74) is 1.74. The van der Waals surface area contributed by atoms with Gasteiger partial charge in [-0.15, -0.1) is 11.3 Å². The average molecular weight is 310 g/mol. The normalized spacial score (nSPS) is 14.9. The predicted molar refractivity (Wildman–Crippen MR) is 69.4 cm³/mol. The summed E-state index contributed by atoms with van der Waals surface area (Å²) in [4.78, 5) is 23.1. The third kappa shape index (κ3) is 1.87. The molecule has 0 saturated carbocycles. The van der Waals surface area contributed by atoms with Crippen molar-refractivity contribution in [3.63, 3.8) is 0 Å². The van der Waals surface area contributed by atoms with Crippen molar-refractivity contribution < 1.29 is 4.79 Å². The van der Waals surface area contributed by atoms with E-state index in [4.69, 9.17) is 0 Å². The highest BCUT2D eigenvalue weighted by Gasteiger charge is 2.28. The van der Waals surface area contributed by atoms with Gasteiger partial charge in [-0.05, 0) is 28.1 Å². The Bertz CT molecular complexity index is 569. The molecule has 3 rings (SSSR count). The second kappa shape index (κ2) is 4.19. The van der Waals surface area contributed by atoms with E-state index in [1.807, 2.05) is 12.1 Å². The molecule has 0 radical (unpaired) electrons. The maximum absolute atomic E-state index is 12.3. The maximum Gasteiger partial charge on any atom is 0.270 e. The Hall–Kier alpha value is -1.27. The summed E-state index contributed by atoms with van der Waals surface area (Å²) >= 11 is 4.71. The summed E-state index contributed by atoms with van der Waals surface area (Å²) in [7, 11) is 0. The predicted octanol–water partition coefficient (Wildman–Crippen LogP) is 2.50. The number of thiazole rings is 1. The highest BCUT2D eigenvalue weighted by molar-refractivity contribution is 9.11. The van der Waals surface area contributed by atoms with E-state index in [0.717, 1.165) is 26.6 Å². The Morgan fingerprint density at radius 2 is 2.35 bits per heavy atom. The number of hydrogen-bond acceptors (Lipinski definition) is 4. The number of rotatable bonds is 1. The van der Waals surface area contributed by atoms with E-state index in [0.29, 0.717) is 6.54 Å². The lowest BCUT2D eigenvalue weighted by Gasteiger charge is -2.25. The van der Waals surface area contributed by atoms with Crippen LogP contribution >= 0.6 is 27.3 Å². The summed E-state index contributed by atoms with van der Waals surface area (Å²) in [6, 6.07) is 3.73. The van der Waals surface area contributed by atoms with E-state index >= 15 is 0 Å². The molecule has 0 N–H and O–H groups in total. The molecule has 1 aliphatic heterocycles. The van der Waals surface area contributed by atoms with Gasteiger partial charge >= 0.3 is 0 Å². The van der Waals surface area contributed by atoms with Crippen LogP contribution in [0, 0.1) is 0 Å². The first-order valence-corrected chi connectivity index (χ1v) is 6.74. The first-order valence-electron chi connectivity index (χ1n) is 5.13. The molecule has 2 aromatic heterocycles. The minimum atomic E-state index is 0.0162. The van der Waals surface area contributed by atoms with Crippen LogP contribution in [0.15, 0.2) is 28.4 Å². The minimum Gasteiger partial charge on any atom is -0.306 e. The SMILES string of the molecule is O=C1c2sc(Br)nc2CCN1c1cccnc1. The third-order valence-corrected chi connectivity index (χ3v) is 4.18. The van der Waals surface area contributed by atoms with Crippen LogP contribution in [-0.2, 0) is 6.42 Å². The number of anilines is 1. The largest absolute Gasteiger partial charge is 0.306 e. The molecule has 3 heterocycles. The number of aromatic nitrogens is 2. The van der Waals surface area contributed by atoms with E-state index in [2.05, 4.69) is 25.9 Å². The van der Waals surface area contributed by atoms with Gasteiger partial charge in [-0.25, -0.2) is 4.98 Å². The smallest absolute Gasteiger partial charge is 0.270 e. The second-order valence-electron chi connectivity index (χ2n) is 3.66. The number of hydrogen-bond donors (Lipinski definition) is 0. The molecule has 1 amide bonds. The molecular formula is C11H8BrN3OS. The van der Waals surface area contributed by atoms with Crippen LogP contribution in [0.4, 0.5) is 5.69 Å². The zero-order chi connectivity index (χ0) is 11.8. The van der Waals surface area contributed by atoms with Crippen molar-refractivity contribution in [2.24, 2.45) is 0 Å². The van der Waals surface area contributed by atoms with Crippen LogP contribution in [0.25, 0.3) is 0 Å². The molecule has 0 aromatic carbocycles. The molecule has 17 heavy (non-hydrogen) atoms. The van der Waals surface area contributed by atoms with Crippen LogP contribution < -0.4 is 4.90 Å². The number of nitrogens with zero attached hydrogens (tertiary/aromatic N) is 3. The molecule has 0 saturated heterocycles. The van der Waals surface area contributed by atoms with Gasteiger partial charge in [0, 0.05) is 19.2 Å². The molecular weight excluding hydrogens is 302 g/mol. The third-order valence-electron chi connectivity index (χ3n) is 2.64. The van der Waals surface area contributed by atoms with E-state index in [1.165, 1.54) is 11.3 Å². The number of halogens is 1. The minimum absolute atomic E-state index is 0.0162. The van der Waals surface area contributed by atoms with Crippen LogP contribution in [0.1, 0.15) is 15.4 Å². The monoisotopic (exact) mass is 309 g/mol. The van der Waals surface area contributed by atoms with E-state index < -0.39 is 0 Å². The summed E-state index contributed by atoms with van der Waals surface area (Å²) in [5.74, 6) is 0.0162. The summed E-state index contributed by atoms with van der Waals surface area (Å²) < 4.78 is 0.767. The van der Waals surface area contributed by atoms with Gasteiger partial charge < -0.3 is 4.90 Å². The summed E-state index contributed by atoms with van der Waals surface area (Å²) in [6.07, 6.45) is 4.20. The fourth-order valence-electron chi connectivity index (χ4n) is 1.86. The van der Waals surface area contributed by atoms with Gasteiger partial charge in [0.2, 0.25) is 0 Å². The van der Waals surface area contributed by atoms with Gasteiger partial charge in [0.05, 0.1) is 17.6 Å². The van der Waals surface area contributed by atoms with Gasteiger partial charge in [0.1, 0.15) is 4.88 Å². The molecule has 2 aromatic rings. The number of pyridine rings is 1. The molecule has 0 fully saturated rings. The van der Waals surface area contributed by atoms with Crippen LogP contribution in [-0.4, -0.2) is 22.4 Å². The van der Waals surface area contributed by atoms with Gasteiger partial charge in [0.25, 0.3) is 5.91 Å². The molecule has 0 aliphatic carbocycles. The molecule has 1 aliphatic rings. The van der Waals surface area contributed by atoms with Crippen molar-refractivity contribution in [2.75, 3.05) is 11.4 Å². The number of fused-ring (bicyclic) bond motifs is 1. The Morgan fingerprint density at radius 3 is 3.12 bits per heavy atom. The van der Waals surface area contributed by atoms with Crippen molar-refractivity contribution in [3.05, 3.63) is 39.0 Å². The van der Waals surface area contributed by atoms with E-state index in [9.17, 15) is 4.79 Å². The quantitative estimate of drug-likeness (QED) is 0.813. The molecule has 0 atom stereocenters. The highest BCUT2D eigenvalue weighted by Crippen LogP contribution is 2.30. The van der Waals surface area contributed by atoms with Crippen LogP contribution in [0.5, 0.6) is 0 Å². The molecule has 0 unspecified atom stereocenters. The van der Waals surface area contributed by atoms with Crippen LogP contribution in [0.2, 0.25) is 0 Å². The van der Waals surface area contributed by atoms with Crippen molar-refractivity contribution in [1.29, 1.82) is 0 Å². The first-order chi connectivity index (χ1) is 8.25. The molecule has 86 valence electrons. The number of carbonyl (C=O) groups is 1. The zero-order valence-electron chi connectivity index (χ0n) is 8.76. The van der Waals surface area contributed by atoms with Crippen molar-refractivity contribution in [1.82, 2.24) is 9.97 Å². The van der Waals surface area contributed by atoms with E-state index in [1.54, 1.807) is 17.3 Å². The first kappa shape index (κ1) is 10.9. The van der Waals surface area contributed by atoms with Crippen molar-refractivity contribution in [3.8, 4) is 0 Å². The Kier molecular flexibility index (Phi) is 2.68. The van der Waals surface area contributed by atoms with Crippen molar-refractivity contribution in [2.45, 2.75) is 6.42 Å². The van der Waals surface area contributed by atoms with Gasteiger partial charge in [-0.3, -0.25) is 9.78 Å². The average Bonchev–Trinajstić information content (AvgIpc) is 2.72. The Balaban J connectivity index is 2.00. The van der Waals surface area contributed by atoms with E-state index in [-0.39, 0.29) is 5.91 Å². The highest BCUT2D eigenvalue weighted by atomic mass is 79.9. The molecule has 0 bridgehead atoms. The fraction of sp³-hybridized carbons (Fsp3) is 0.182. The topological polar surface area (TPSA) is 46.1 Å². The molecule has 4 nitrogen and oxygen atoms in total. The van der Waals surface area contributed by atoms with Gasteiger partial charge in [0.15, 0.2) is 3.92 Å².